The molecule has 0 rings (SSSR count). The quantitative estimate of drug-likeness (QED) is 0.527. The largest absolute Gasteiger partial charge is 0.480 e. The Hall–Kier alpha value is -1.30. The summed E-state index contributed by atoms with van der Waals surface area (Å²) in [5.74, 6) is -1.03. The highest BCUT2D eigenvalue weighted by molar-refractivity contribution is 5.82. The van der Waals surface area contributed by atoms with Crippen molar-refractivity contribution in [3.05, 3.63) is 0 Å². The molecule has 13 heavy (non-hydrogen) atoms. The van der Waals surface area contributed by atoms with Crippen molar-refractivity contribution in [2.24, 2.45) is 0 Å². The van der Waals surface area contributed by atoms with Crippen molar-refractivity contribution in [2.45, 2.75) is 19.4 Å². The monoisotopic (exact) mass is 189 g/mol. The number of rotatable bonds is 4. The Bertz CT molecular complexity index is 193. The Balaban J connectivity index is 3.94. The fraction of sp³-hybridized carbons (Fsp3) is 0.714. The molecular weight excluding hydrogens is 174 g/mol. The van der Waals surface area contributed by atoms with E-state index in [0.717, 1.165) is 0 Å². The molecule has 0 aromatic rings. The average Bonchev–Trinajstić information content (AvgIpc) is 1.98. The second-order valence-corrected chi connectivity index (χ2v) is 2.78. The third-order valence-electron chi connectivity index (χ3n) is 1.34. The molecule has 76 valence electrons. The summed E-state index contributed by atoms with van der Waals surface area (Å²) in [6, 6.07) is -1.35. The maximum atomic E-state index is 11.0. The van der Waals surface area contributed by atoms with Gasteiger partial charge in [0.15, 0.2) is 0 Å². The highest BCUT2D eigenvalue weighted by Gasteiger charge is 2.17. The fourth-order valence-electron chi connectivity index (χ4n) is 0.732. The molecule has 0 heterocycles. The Kier molecular flexibility index (Phi) is 4.83. The first-order valence-electron chi connectivity index (χ1n) is 3.94. The van der Waals surface area contributed by atoms with Crippen molar-refractivity contribution in [1.29, 1.82) is 0 Å². The standard InChI is InChI=1S/C7H15N3O3/c1-4-5(6(11)12)8-7(13)9-10(2)3/h5H,4H2,1-3H3,(H,11,12)(H2,8,9,13). The lowest BCUT2D eigenvalue weighted by Gasteiger charge is -2.16. The zero-order valence-electron chi connectivity index (χ0n) is 8.00. The third-order valence-corrected chi connectivity index (χ3v) is 1.34. The zero-order chi connectivity index (χ0) is 10.4. The number of carbonyl (C=O) groups excluding carboxylic acids is 1. The summed E-state index contributed by atoms with van der Waals surface area (Å²) in [6.45, 7) is 1.69. The van der Waals surface area contributed by atoms with Gasteiger partial charge >= 0.3 is 12.0 Å². The first-order chi connectivity index (χ1) is 5.97. The molecule has 3 N–H and O–H groups in total. The van der Waals surface area contributed by atoms with E-state index < -0.39 is 18.0 Å². The van der Waals surface area contributed by atoms with E-state index in [1.807, 2.05) is 0 Å². The fourth-order valence-corrected chi connectivity index (χ4v) is 0.732. The van der Waals surface area contributed by atoms with E-state index in [4.69, 9.17) is 5.11 Å². The molecule has 0 aliphatic carbocycles. The number of carbonyl (C=O) groups is 2. The van der Waals surface area contributed by atoms with Crippen molar-refractivity contribution in [2.75, 3.05) is 14.1 Å². The van der Waals surface area contributed by atoms with Crippen LogP contribution >= 0.6 is 0 Å². The molecule has 1 atom stereocenters. The van der Waals surface area contributed by atoms with Crippen LogP contribution in [0.2, 0.25) is 0 Å². The van der Waals surface area contributed by atoms with Gasteiger partial charge in [0.1, 0.15) is 6.04 Å². The van der Waals surface area contributed by atoms with E-state index in [1.165, 1.54) is 5.01 Å². The lowest BCUT2D eigenvalue weighted by Crippen LogP contribution is -2.49. The van der Waals surface area contributed by atoms with Crippen molar-refractivity contribution in [3.8, 4) is 0 Å². The van der Waals surface area contributed by atoms with Crippen LogP contribution < -0.4 is 10.7 Å². The molecule has 0 aromatic heterocycles. The van der Waals surface area contributed by atoms with E-state index in [9.17, 15) is 9.59 Å². The van der Waals surface area contributed by atoms with Crippen LogP contribution in [0.3, 0.4) is 0 Å². The van der Waals surface area contributed by atoms with E-state index >= 15 is 0 Å². The van der Waals surface area contributed by atoms with Crippen LogP contribution in [0.25, 0.3) is 0 Å². The number of aliphatic carboxylic acids is 1. The van der Waals surface area contributed by atoms with Crippen LogP contribution in [0, 0.1) is 0 Å². The summed E-state index contributed by atoms with van der Waals surface area (Å²) in [6.07, 6.45) is 0.357. The summed E-state index contributed by atoms with van der Waals surface area (Å²) in [5.41, 5.74) is 2.38. The highest BCUT2D eigenvalue weighted by Crippen LogP contribution is 1.89. The van der Waals surface area contributed by atoms with Gasteiger partial charge in [0.05, 0.1) is 0 Å². The smallest absolute Gasteiger partial charge is 0.330 e. The van der Waals surface area contributed by atoms with E-state index in [0.29, 0.717) is 6.42 Å². The second-order valence-electron chi connectivity index (χ2n) is 2.78. The van der Waals surface area contributed by atoms with E-state index in [1.54, 1.807) is 21.0 Å². The number of amides is 2. The second kappa shape index (κ2) is 5.36. The molecule has 2 amide bonds. The molecule has 0 fully saturated rings. The van der Waals surface area contributed by atoms with Gasteiger partial charge in [0.2, 0.25) is 0 Å². The minimum atomic E-state index is -1.03. The predicted octanol–water partition coefficient (Wildman–Crippen LogP) is -0.375. The third kappa shape index (κ3) is 5.02. The SMILES string of the molecule is CCC(NC(=O)NN(C)C)C(=O)O. The molecular formula is C7H15N3O3. The van der Waals surface area contributed by atoms with Gasteiger partial charge in [-0.25, -0.2) is 14.6 Å². The minimum Gasteiger partial charge on any atom is -0.480 e. The molecule has 0 saturated carbocycles. The van der Waals surface area contributed by atoms with Crippen LogP contribution in [0.15, 0.2) is 0 Å². The average molecular weight is 189 g/mol. The first kappa shape index (κ1) is 11.7. The van der Waals surface area contributed by atoms with Crippen LogP contribution in [0.5, 0.6) is 0 Å². The summed E-state index contributed by atoms with van der Waals surface area (Å²) in [4.78, 5) is 21.5. The summed E-state index contributed by atoms with van der Waals surface area (Å²) < 4.78 is 0. The molecule has 0 spiro atoms. The summed E-state index contributed by atoms with van der Waals surface area (Å²) >= 11 is 0. The number of hydrazine groups is 1. The van der Waals surface area contributed by atoms with E-state index in [2.05, 4.69) is 10.7 Å². The van der Waals surface area contributed by atoms with Crippen molar-refractivity contribution in [1.82, 2.24) is 15.8 Å². The number of carboxylic acids is 1. The van der Waals surface area contributed by atoms with Gasteiger partial charge in [-0.05, 0) is 6.42 Å². The first-order valence-corrected chi connectivity index (χ1v) is 3.94. The van der Waals surface area contributed by atoms with Crippen LogP contribution in [-0.2, 0) is 4.79 Å². The maximum Gasteiger partial charge on any atom is 0.330 e. The summed E-state index contributed by atoms with van der Waals surface area (Å²) in [7, 11) is 3.28. The lowest BCUT2D eigenvalue weighted by molar-refractivity contribution is -0.139. The number of hydrogen-bond acceptors (Lipinski definition) is 3. The number of nitrogens with one attached hydrogen (secondary N) is 2. The number of nitrogens with zero attached hydrogens (tertiary/aromatic N) is 1. The molecule has 0 aliphatic rings. The molecule has 0 saturated heterocycles. The van der Waals surface area contributed by atoms with Crippen LogP contribution in [-0.4, -0.2) is 42.3 Å². The predicted molar refractivity (Wildman–Crippen MR) is 47.1 cm³/mol. The highest BCUT2D eigenvalue weighted by atomic mass is 16.4. The Labute approximate surface area is 76.9 Å². The maximum absolute atomic E-state index is 11.0. The molecule has 0 radical (unpaired) electrons. The van der Waals surface area contributed by atoms with Gasteiger partial charge < -0.3 is 10.4 Å². The van der Waals surface area contributed by atoms with Crippen LogP contribution in [0.4, 0.5) is 4.79 Å². The molecule has 6 heteroatoms. The molecule has 0 bridgehead atoms. The minimum absolute atomic E-state index is 0.357. The van der Waals surface area contributed by atoms with Gasteiger partial charge in [-0.1, -0.05) is 6.92 Å². The topological polar surface area (TPSA) is 81.7 Å². The van der Waals surface area contributed by atoms with Gasteiger partial charge in [-0.3, -0.25) is 5.43 Å². The number of carboxylic acid groups (broad SMARTS) is 1. The summed E-state index contributed by atoms with van der Waals surface area (Å²) in [5, 5.41) is 12.3. The normalized spacial score (nSPS) is 12.3. The van der Waals surface area contributed by atoms with Crippen LogP contribution in [0.1, 0.15) is 13.3 Å². The Morgan fingerprint density at radius 2 is 2.00 bits per heavy atom. The van der Waals surface area contributed by atoms with E-state index in [-0.39, 0.29) is 0 Å². The Morgan fingerprint density at radius 1 is 1.46 bits per heavy atom. The van der Waals surface area contributed by atoms with Crippen molar-refractivity contribution in [3.63, 3.8) is 0 Å². The Morgan fingerprint density at radius 3 is 2.31 bits per heavy atom. The van der Waals surface area contributed by atoms with Gasteiger partial charge in [0, 0.05) is 14.1 Å². The zero-order valence-corrected chi connectivity index (χ0v) is 8.00. The lowest BCUT2D eigenvalue weighted by atomic mass is 10.2. The molecule has 6 nitrogen and oxygen atoms in total. The molecule has 1 unspecified atom stereocenters. The van der Waals surface area contributed by atoms with Gasteiger partial charge in [-0.2, -0.15) is 0 Å². The number of urea groups is 1. The number of hydrogen-bond donors (Lipinski definition) is 3. The molecule has 0 aromatic carbocycles. The van der Waals surface area contributed by atoms with Gasteiger partial charge in [-0.15, -0.1) is 0 Å². The van der Waals surface area contributed by atoms with Crippen molar-refractivity contribution < 1.29 is 14.7 Å². The van der Waals surface area contributed by atoms with Gasteiger partial charge in [0.25, 0.3) is 0 Å². The molecule has 0 aliphatic heterocycles. The van der Waals surface area contributed by atoms with Crippen molar-refractivity contribution >= 4 is 12.0 Å².